The van der Waals surface area contributed by atoms with Crippen molar-refractivity contribution in [2.45, 2.75) is 32.1 Å². The van der Waals surface area contributed by atoms with Gasteiger partial charge in [-0.05, 0) is 43.4 Å². The highest BCUT2D eigenvalue weighted by atomic mass is 35.5. The summed E-state index contributed by atoms with van der Waals surface area (Å²) in [5.74, 6) is -0.788. The second-order valence-corrected chi connectivity index (χ2v) is 8.14. The molecule has 1 saturated carbocycles. The SMILES string of the molecule is O=C(O)[C@H]1CCN(C(=O)c2cc3cc(Cl)cc(NCC4CCCC4)c3[nH]2)C1. The number of H-pyrrole nitrogens is 1. The number of carboxylic acid groups (broad SMARTS) is 1. The molecule has 4 rings (SSSR count). The van der Waals surface area contributed by atoms with Gasteiger partial charge >= 0.3 is 5.97 Å². The third kappa shape index (κ3) is 3.76. The maximum atomic E-state index is 12.8. The molecule has 1 saturated heterocycles. The molecule has 27 heavy (non-hydrogen) atoms. The molecule has 1 aromatic carbocycles. The molecule has 2 heterocycles. The van der Waals surface area contributed by atoms with E-state index >= 15 is 0 Å². The third-order valence-electron chi connectivity index (χ3n) is 5.80. The van der Waals surface area contributed by atoms with Gasteiger partial charge in [-0.25, -0.2) is 0 Å². The number of aliphatic carboxylic acids is 1. The summed E-state index contributed by atoms with van der Waals surface area (Å²) in [5, 5.41) is 14.2. The average Bonchev–Trinajstić information content (AvgIpc) is 3.37. The standard InChI is InChI=1S/C20H24ClN3O3/c21-15-7-14-8-17(19(25)24-6-5-13(11-24)20(26)27)23-18(14)16(9-15)22-10-12-3-1-2-4-12/h7-9,12-13,22-23H,1-6,10-11H2,(H,26,27)/t13-/m0/s1. The minimum atomic E-state index is -0.841. The number of hydrogen-bond donors (Lipinski definition) is 3. The fourth-order valence-electron chi connectivity index (χ4n) is 4.25. The minimum absolute atomic E-state index is 0.159. The number of halogens is 1. The highest BCUT2D eigenvalue weighted by Gasteiger charge is 2.32. The van der Waals surface area contributed by atoms with E-state index in [1.807, 2.05) is 12.1 Å². The number of aromatic amines is 1. The maximum absolute atomic E-state index is 12.8. The van der Waals surface area contributed by atoms with Gasteiger partial charge in [0.15, 0.2) is 0 Å². The topological polar surface area (TPSA) is 85.4 Å². The van der Waals surface area contributed by atoms with Gasteiger partial charge in [0.05, 0.1) is 17.1 Å². The monoisotopic (exact) mass is 389 g/mol. The molecule has 1 aliphatic carbocycles. The number of nitrogens with one attached hydrogen (secondary N) is 2. The molecule has 0 spiro atoms. The summed E-state index contributed by atoms with van der Waals surface area (Å²) in [5.41, 5.74) is 2.25. The zero-order chi connectivity index (χ0) is 19.0. The quantitative estimate of drug-likeness (QED) is 0.722. The van der Waals surface area contributed by atoms with Crippen molar-refractivity contribution in [2.75, 3.05) is 25.0 Å². The van der Waals surface area contributed by atoms with E-state index in [9.17, 15) is 9.59 Å². The van der Waals surface area contributed by atoms with Gasteiger partial charge < -0.3 is 20.3 Å². The van der Waals surface area contributed by atoms with Crippen LogP contribution < -0.4 is 5.32 Å². The van der Waals surface area contributed by atoms with Crippen LogP contribution in [0.2, 0.25) is 5.02 Å². The summed E-state index contributed by atoms with van der Waals surface area (Å²) in [6.07, 6.45) is 5.61. The Bertz CT molecular complexity index is 873. The Balaban J connectivity index is 1.55. The van der Waals surface area contributed by atoms with Crippen molar-refractivity contribution >= 4 is 40.1 Å². The van der Waals surface area contributed by atoms with Crippen LogP contribution in [0.4, 0.5) is 5.69 Å². The van der Waals surface area contributed by atoms with E-state index in [0.717, 1.165) is 23.1 Å². The van der Waals surface area contributed by atoms with Gasteiger partial charge in [-0.15, -0.1) is 0 Å². The summed E-state index contributed by atoms with van der Waals surface area (Å²) < 4.78 is 0. The van der Waals surface area contributed by atoms with E-state index in [1.54, 1.807) is 11.0 Å². The number of amides is 1. The van der Waals surface area contributed by atoms with Crippen LogP contribution in [0.3, 0.4) is 0 Å². The van der Waals surface area contributed by atoms with E-state index < -0.39 is 11.9 Å². The van der Waals surface area contributed by atoms with Gasteiger partial charge in [-0.2, -0.15) is 0 Å². The normalized spacial score (nSPS) is 20.5. The van der Waals surface area contributed by atoms with E-state index in [4.69, 9.17) is 16.7 Å². The maximum Gasteiger partial charge on any atom is 0.308 e. The first-order valence-electron chi connectivity index (χ1n) is 9.59. The molecule has 1 aromatic heterocycles. The predicted octanol–water partition coefficient (Wildman–Crippen LogP) is 3.97. The highest BCUT2D eigenvalue weighted by molar-refractivity contribution is 6.32. The molecule has 0 radical (unpaired) electrons. The summed E-state index contributed by atoms with van der Waals surface area (Å²) in [6, 6.07) is 5.53. The first kappa shape index (κ1) is 18.2. The van der Waals surface area contributed by atoms with Crippen molar-refractivity contribution < 1.29 is 14.7 Å². The predicted molar refractivity (Wildman–Crippen MR) is 105 cm³/mol. The number of carboxylic acids is 1. The van der Waals surface area contributed by atoms with Gasteiger partial charge in [-0.1, -0.05) is 24.4 Å². The van der Waals surface area contributed by atoms with Crippen LogP contribution in [-0.2, 0) is 4.79 Å². The summed E-state index contributed by atoms with van der Waals surface area (Å²) in [7, 11) is 0. The number of benzene rings is 1. The number of nitrogens with zero attached hydrogens (tertiary/aromatic N) is 1. The summed E-state index contributed by atoms with van der Waals surface area (Å²) in [4.78, 5) is 28.8. The van der Waals surface area contributed by atoms with Crippen molar-refractivity contribution in [2.24, 2.45) is 11.8 Å². The highest BCUT2D eigenvalue weighted by Crippen LogP contribution is 2.31. The zero-order valence-corrected chi connectivity index (χ0v) is 15.9. The number of carbonyl (C=O) groups excluding carboxylic acids is 1. The van der Waals surface area contributed by atoms with E-state index in [0.29, 0.717) is 29.6 Å². The number of likely N-dealkylation sites (tertiary alicyclic amines) is 1. The molecule has 2 aliphatic rings. The Morgan fingerprint density at radius 1 is 1.22 bits per heavy atom. The van der Waals surface area contributed by atoms with Gasteiger partial charge in [0.1, 0.15) is 5.69 Å². The third-order valence-corrected chi connectivity index (χ3v) is 6.02. The average molecular weight is 390 g/mol. The molecular weight excluding hydrogens is 366 g/mol. The van der Waals surface area contributed by atoms with Crippen molar-refractivity contribution in [3.63, 3.8) is 0 Å². The number of rotatable bonds is 5. The van der Waals surface area contributed by atoms with Crippen LogP contribution in [0.25, 0.3) is 10.9 Å². The van der Waals surface area contributed by atoms with Crippen molar-refractivity contribution in [3.8, 4) is 0 Å². The summed E-state index contributed by atoms with van der Waals surface area (Å²) >= 11 is 6.27. The van der Waals surface area contributed by atoms with Crippen molar-refractivity contribution in [1.29, 1.82) is 0 Å². The zero-order valence-electron chi connectivity index (χ0n) is 15.1. The van der Waals surface area contributed by atoms with E-state index in [1.165, 1.54) is 25.7 Å². The van der Waals surface area contributed by atoms with Crippen LogP contribution in [0.15, 0.2) is 18.2 Å². The molecule has 3 N–H and O–H groups in total. The van der Waals surface area contributed by atoms with Gasteiger partial charge in [-0.3, -0.25) is 9.59 Å². The van der Waals surface area contributed by atoms with E-state index in [-0.39, 0.29) is 12.5 Å². The fourth-order valence-corrected chi connectivity index (χ4v) is 4.47. The van der Waals surface area contributed by atoms with Gasteiger partial charge in [0, 0.05) is 30.0 Å². The summed E-state index contributed by atoms with van der Waals surface area (Å²) in [6.45, 7) is 1.64. The number of hydrogen-bond acceptors (Lipinski definition) is 3. The number of aromatic nitrogens is 1. The first-order valence-corrected chi connectivity index (χ1v) is 9.97. The second kappa shape index (κ2) is 7.43. The number of anilines is 1. The second-order valence-electron chi connectivity index (χ2n) is 7.71. The van der Waals surface area contributed by atoms with Crippen molar-refractivity contribution in [3.05, 3.63) is 28.9 Å². The molecule has 1 aliphatic heterocycles. The molecular formula is C20H24ClN3O3. The Labute approximate surface area is 162 Å². The Hall–Kier alpha value is -2.21. The first-order chi connectivity index (χ1) is 13.0. The van der Waals surface area contributed by atoms with Crippen LogP contribution in [-0.4, -0.2) is 46.5 Å². The fraction of sp³-hybridized carbons (Fsp3) is 0.500. The molecule has 0 bridgehead atoms. The lowest BCUT2D eigenvalue weighted by molar-refractivity contribution is -0.141. The lowest BCUT2D eigenvalue weighted by Crippen LogP contribution is -2.30. The van der Waals surface area contributed by atoms with E-state index in [2.05, 4.69) is 10.3 Å². The minimum Gasteiger partial charge on any atom is -0.481 e. The number of carbonyl (C=O) groups is 2. The molecule has 144 valence electrons. The van der Waals surface area contributed by atoms with Crippen LogP contribution in [0.1, 0.15) is 42.6 Å². The molecule has 2 aromatic rings. The van der Waals surface area contributed by atoms with Gasteiger partial charge in [0.2, 0.25) is 0 Å². The lowest BCUT2D eigenvalue weighted by atomic mass is 10.1. The number of fused-ring (bicyclic) bond motifs is 1. The molecule has 1 atom stereocenters. The van der Waals surface area contributed by atoms with Crippen LogP contribution >= 0.6 is 11.6 Å². The molecule has 0 unspecified atom stereocenters. The van der Waals surface area contributed by atoms with Crippen molar-refractivity contribution in [1.82, 2.24) is 9.88 Å². The Kier molecular flexibility index (Phi) is 5.00. The lowest BCUT2D eigenvalue weighted by Gasteiger charge is -2.14. The molecule has 2 fully saturated rings. The molecule has 7 heteroatoms. The Morgan fingerprint density at radius 3 is 2.70 bits per heavy atom. The molecule has 1 amide bonds. The molecule has 6 nitrogen and oxygen atoms in total. The van der Waals surface area contributed by atoms with Gasteiger partial charge in [0.25, 0.3) is 5.91 Å². The Morgan fingerprint density at radius 2 is 2.00 bits per heavy atom. The largest absolute Gasteiger partial charge is 0.481 e. The smallest absolute Gasteiger partial charge is 0.308 e. The van der Waals surface area contributed by atoms with Crippen LogP contribution in [0.5, 0.6) is 0 Å². The van der Waals surface area contributed by atoms with Crippen LogP contribution in [0, 0.1) is 11.8 Å².